The van der Waals surface area contributed by atoms with Gasteiger partial charge in [0.25, 0.3) is 0 Å². The molecule has 2 rings (SSSR count). The first-order valence-electron chi connectivity index (χ1n) is 5.19. The minimum atomic E-state index is -0.797. The Balaban J connectivity index is 2.02. The van der Waals surface area contributed by atoms with Crippen molar-refractivity contribution in [1.82, 2.24) is 0 Å². The number of nitrogens with one attached hydrogen (secondary N) is 1. The summed E-state index contributed by atoms with van der Waals surface area (Å²) in [7, 11) is 0. The standard InChI is InChI=1S/C11H15ClN2O2/c12-8-2-1-3-9(10(8)13)14-6-11(15)4-5-16-7-11/h1-3,14-15H,4-7,13H2. The van der Waals surface area contributed by atoms with Gasteiger partial charge in [0.2, 0.25) is 0 Å². The van der Waals surface area contributed by atoms with Crippen LogP contribution >= 0.6 is 11.6 Å². The molecule has 1 saturated heterocycles. The van der Waals surface area contributed by atoms with Crippen molar-refractivity contribution in [3.63, 3.8) is 0 Å². The third kappa shape index (κ3) is 2.40. The molecule has 88 valence electrons. The first kappa shape index (κ1) is 11.5. The van der Waals surface area contributed by atoms with E-state index in [2.05, 4.69) is 5.32 Å². The van der Waals surface area contributed by atoms with E-state index in [-0.39, 0.29) is 0 Å². The third-order valence-corrected chi connectivity index (χ3v) is 3.07. The zero-order valence-corrected chi connectivity index (χ0v) is 9.63. The zero-order valence-electron chi connectivity index (χ0n) is 8.87. The van der Waals surface area contributed by atoms with Crippen molar-refractivity contribution >= 4 is 23.0 Å². The summed E-state index contributed by atoms with van der Waals surface area (Å²) in [6.45, 7) is 1.38. The van der Waals surface area contributed by atoms with E-state index < -0.39 is 5.60 Å². The van der Waals surface area contributed by atoms with Crippen LogP contribution in [0, 0.1) is 0 Å². The van der Waals surface area contributed by atoms with Crippen molar-refractivity contribution in [2.75, 3.05) is 30.8 Å². The van der Waals surface area contributed by atoms with Gasteiger partial charge >= 0.3 is 0 Å². The molecule has 1 atom stereocenters. The molecular weight excluding hydrogens is 228 g/mol. The van der Waals surface area contributed by atoms with Crippen LogP contribution in [0.15, 0.2) is 18.2 Å². The maximum Gasteiger partial charge on any atom is 0.107 e. The van der Waals surface area contributed by atoms with E-state index in [4.69, 9.17) is 22.1 Å². The maximum atomic E-state index is 10.1. The van der Waals surface area contributed by atoms with Crippen molar-refractivity contribution in [3.8, 4) is 0 Å². The molecule has 1 aromatic rings. The highest BCUT2D eigenvalue weighted by atomic mass is 35.5. The molecule has 0 amide bonds. The molecule has 1 heterocycles. The van der Waals surface area contributed by atoms with Crippen LogP contribution in [0.4, 0.5) is 11.4 Å². The Morgan fingerprint density at radius 1 is 1.56 bits per heavy atom. The van der Waals surface area contributed by atoms with Crippen LogP contribution in [-0.2, 0) is 4.74 Å². The van der Waals surface area contributed by atoms with E-state index >= 15 is 0 Å². The van der Waals surface area contributed by atoms with Gasteiger partial charge in [-0.05, 0) is 12.1 Å². The summed E-state index contributed by atoms with van der Waals surface area (Å²) in [4.78, 5) is 0. The second kappa shape index (κ2) is 4.49. The molecule has 1 unspecified atom stereocenters. The minimum absolute atomic E-state index is 0.362. The van der Waals surface area contributed by atoms with Gasteiger partial charge in [0.05, 0.1) is 23.0 Å². The molecule has 0 aliphatic carbocycles. The van der Waals surface area contributed by atoms with Crippen LogP contribution in [-0.4, -0.2) is 30.5 Å². The molecule has 1 aliphatic heterocycles. The Hall–Kier alpha value is -0.970. The first-order chi connectivity index (χ1) is 7.61. The Bertz CT molecular complexity index is 378. The highest BCUT2D eigenvalue weighted by Crippen LogP contribution is 2.28. The molecule has 1 fully saturated rings. The molecule has 5 heteroatoms. The summed E-state index contributed by atoms with van der Waals surface area (Å²) in [5.74, 6) is 0. The summed E-state index contributed by atoms with van der Waals surface area (Å²) in [5, 5.41) is 13.7. The third-order valence-electron chi connectivity index (χ3n) is 2.74. The SMILES string of the molecule is Nc1c(Cl)cccc1NCC1(O)CCOC1. The van der Waals surface area contributed by atoms with Crippen LogP contribution in [0.2, 0.25) is 5.02 Å². The Kier molecular flexibility index (Phi) is 3.23. The number of benzene rings is 1. The van der Waals surface area contributed by atoms with Gasteiger partial charge in [0, 0.05) is 19.6 Å². The summed E-state index contributed by atoms with van der Waals surface area (Å²) in [6.07, 6.45) is 0.639. The lowest BCUT2D eigenvalue weighted by Crippen LogP contribution is -2.37. The summed E-state index contributed by atoms with van der Waals surface area (Å²) < 4.78 is 5.16. The number of hydrogen-bond acceptors (Lipinski definition) is 4. The molecule has 4 nitrogen and oxygen atoms in total. The predicted octanol–water partition coefficient (Wildman–Crippen LogP) is 1.49. The van der Waals surface area contributed by atoms with E-state index in [9.17, 15) is 5.11 Å². The first-order valence-corrected chi connectivity index (χ1v) is 5.56. The molecule has 1 aliphatic rings. The molecule has 0 saturated carbocycles. The number of anilines is 2. The van der Waals surface area contributed by atoms with Crippen LogP contribution in [0.25, 0.3) is 0 Å². The summed E-state index contributed by atoms with van der Waals surface area (Å²) in [5.41, 5.74) is 6.26. The van der Waals surface area contributed by atoms with Crippen LogP contribution < -0.4 is 11.1 Å². The van der Waals surface area contributed by atoms with Gasteiger partial charge in [-0.2, -0.15) is 0 Å². The number of hydrogen-bond donors (Lipinski definition) is 3. The number of aliphatic hydroxyl groups is 1. The molecule has 0 bridgehead atoms. The van der Waals surface area contributed by atoms with E-state index in [1.165, 1.54) is 0 Å². The fourth-order valence-corrected chi connectivity index (χ4v) is 1.86. The van der Waals surface area contributed by atoms with E-state index in [1.807, 2.05) is 12.1 Å². The summed E-state index contributed by atoms with van der Waals surface area (Å²) >= 11 is 5.89. The fraction of sp³-hybridized carbons (Fsp3) is 0.455. The number of nitrogen functional groups attached to an aromatic ring is 1. The molecule has 0 radical (unpaired) electrons. The van der Waals surface area contributed by atoms with Crippen LogP contribution in [0.5, 0.6) is 0 Å². The van der Waals surface area contributed by atoms with Gasteiger partial charge < -0.3 is 20.9 Å². The fourth-order valence-electron chi connectivity index (χ4n) is 1.69. The van der Waals surface area contributed by atoms with Gasteiger partial charge in [-0.3, -0.25) is 0 Å². The Labute approximate surface area is 99.4 Å². The lowest BCUT2D eigenvalue weighted by Gasteiger charge is -2.22. The van der Waals surface area contributed by atoms with Crippen LogP contribution in [0.3, 0.4) is 0 Å². The zero-order chi connectivity index (χ0) is 11.6. The lowest BCUT2D eigenvalue weighted by atomic mass is 10.0. The topological polar surface area (TPSA) is 67.5 Å². The molecule has 16 heavy (non-hydrogen) atoms. The van der Waals surface area contributed by atoms with Gasteiger partial charge in [-0.15, -0.1) is 0 Å². The highest BCUT2D eigenvalue weighted by molar-refractivity contribution is 6.33. The van der Waals surface area contributed by atoms with Crippen molar-refractivity contribution in [2.24, 2.45) is 0 Å². The minimum Gasteiger partial charge on any atom is -0.396 e. The number of halogens is 1. The second-order valence-electron chi connectivity index (χ2n) is 4.08. The molecule has 1 aromatic carbocycles. The molecule has 0 aromatic heterocycles. The summed E-state index contributed by atoms with van der Waals surface area (Å²) in [6, 6.07) is 5.38. The van der Waals surface area contributed by atoms with E-state index in [0.717, 1.165) is 5.69 Å². The largest absolute Gasteiger partial charge is 0.396 e. The molecule has 4 N–H and O–H groups in total. The van der Waals surface area contributed by atoms with Crippen molar-refractivity contribution in [1.29, 1.82) is 0 Å². The Morgan fingerprint density at radius 2 is 2.38 bits per heavy atom. The molecular formula is C11H15ClN2O2. The van der Waals surface area contributed by atoms with Crippen molar-refractivity contribution in [2.45, 2.75) is 12.0 Å². The van der Waals surface area contributed by atoms with E-state index in [1.54, 1.807) is 6.07 Å². The van der Waals surface area contributed by atoms with Gasteiger partial charge in [-0.1, -0.05) is 17.7 Å². The number of rotatable bonds is 3. The smallest absolute Gasteiger partial charge is 0.107 e. The van der Waals surface area contributed by atoms with E-state index in [0.29, 0.717) is 36.9 Å². The van der Waals surface area contributed by atoms with Crippen molar-refractivity contribution < 1.29 is 9.84 Å². The Morgan fingerprint density at radius 3 is 3.06 bits per heavy atom. The van der Waals surface area contributed by atoms with Crippen LogP contribution in [0.1, 0.15) is 6.42 Å². The number of para-hydroxylation sites is 1. The normalized spacial score (nSPS) is 24.6. The average molecular weight is 243 g/mol. The lowest BCUT2D eigenvalue weighted by molar-refractivity contribution is 0.0382. The number of nitrogens with two attached hydrogens (primary N) is 1. The maximum absolute atomic E-state index is 10.1. The highest BCUT2D eigenvalue weighted by Gasteiger charge is 2.31. The quantitative estimate of drug-likeness (QED) is 0.703. The van der Waals surface area contributed by atoms with Gasteiger partial charge in [0.15, 0.2) is 0 Å². The average Bonchev–Trinajstić information content (AvgIpc) is 2.68. The number of ether oxygens (including phenoxy) is 1. The molecule has 0 spiro atoms. The monoisotopic (exact) mass is 242 g/mol. The van der Waals surface area contributed by atoms with Gasteiger partial charge in [-0.25, -0.2) is 0 Å². The van der Waals surface area contributed by atoms with Gasteiger partial charge in [0.1, 0.15) is 5.60 Å². The second-order valence-corrected chi connectivity index (χ2v) is 4.49. The van der Waals surface area contributed by atoms with Crippen molar-refractivity contribution in [3.05, 3.63) is 23.2 Å². The predicted molar refractivity (Wildman–Crippen MR) is 64.7 cm³/mol.